The van der Waals surface area contributed by atoms with Crippen molar-refractivity contribution in [3.8, 4) is 0 Å². The number of nitrogens with one attached hydrogen (secondary N) is 1. The zero-order chi connectivity index (χ0) is 8.23. The number of aromatic nitrogens is 2. The molecule has 0 unspecified atom stereocenters. The number of allylic oxidation sites excluding steroid dienone is 2. The molecule has 2 heterocycles. The monoisotopic (exact) mass is 177 g/mol. The highest BCUT2D eigenvalue weighted by Crippen LogP contribution is 2.15. The maximum absolute atomic E-state index is 4.16. The molecule has 1 aliphatic rings. The summed E-state index contributed by atoms with van der Waals surface area (Å²) in [6.07, 6.45) is 9.03. The first-order valence-corrected chi connectivity index (χ1v) is 4.40. The molecule has 0 aliphatic carbocycles. The average molecular weight is 177 g/mol. The third kappa shape index (κ3) is 1.48. The fourth-order valence-electron chi connectivity index (χ4n) is 0.882. The van der Waals surface area contributed by atoms with Gasteiger partial charge in [0.2, 0.25) is 0 Å². The molecule has 0 bridgehead atoms. The molecule has 1 N–H and O–H groups in total. The van der Waals surface area contributed by atoms with Crippen LogP contribution in [0.3, 0.4) is 0 Å². The Hall–Kier alpha value is -1.29. The minimum absolute atomic E-state index is 0.870. The zero-order valence-corrected chi connectivity index (χ0v) is 7.08. The molecule has 60 valence electrons. The lowest BCUT2D eigenvalue weighted by molar-refractivity contribution is 1.15. The molecule has 0 radical (unpaired) electrons. The molecule has 0 spiro atoms. The van der Waals surface area contributed by atoms with E-state index in [1.807, 2.05) is 17.6 Å². The van der Waals surface area contributed by atoms with Crippen LogP contribution < -0.4 is 4.72 Å². The van der Waals surface area contributed by atoms with Crippen molar-refractivity contribution in [2.75, 3.05) is 0 Å². The molecule has 4 heteroatoms. The van der Waals surface area contributed by atoms with Gasteiger partial charge < -0.3 is 4.72 Å². The van der Waals surface area contributed by atoms with E-state index in [-0.39, 0.29) is 0 Å². The van der Waals surface area contributed by atoms with E-state index in [1.54, 1.807) is 18.6 Å². The predicted molar refractivity (Wildman–Crippen MR) is 49.9 cm³/mol. The van der Waals surface area contributed by atoms with Gasteiger partial charge in [-0.15, -0.1) is 0 Å². The van der Waals surface area contributed by atoms with E-state index in [4.69, 9.17) is 0 Å². The Balaban J connectivity index is 2.31. The minimum Gasteiger partial charge on any atom is -0.324 e. The van der Waals surface area contributed by atoms with E-state index in [9.17, 15) is 0 Å². The zero-order valence-electron chi connectivity index (χ0n) is 6.27. The van der Waals surface area contributed by atoms with Gasteiger partial charge in [-0.25, -0.2) is 0 Å². The van der Waals surface area contributed by atoms with Gasteiger partial charge in [-0.2, -0.15) is 0 Å². The average Bonchev–Trinajstić information content (AvgIpc) is 2.21. The molecule has 1 aliphatic heterocycles. The van der Waals surface area contributed by atoms with E-state index in [0.29, 0.717) is 0 Å². The molecule has 0 amide bonds. The maximum atomic E-state index is 4.16. The van der Waals surface area contributed by atoms with Crippen LogP contribution in [0.1, 0.15) is 5.69 Å². The molecule has 1 aromatic heterocycles. The van der Waals surface area contributed by atoms with Crippen molar-refractivity contribution in [3.05, 3.63) is 41.8 Å². The van der Waals surface area contributed by atoms with E-state index >= 15 is 0 Å². The molecule has 0 atom stereocenters. The van der Waals surface area contributed by atoms with Crippen LogP contribution in [0, 0.1) is 0 Å². The van der Waals surface area contributed by atoms with Crippen LogP contribution in [0.5, 0.6) is 0 Å². The summed E-state index contributed by atoms with van der Waals surface area (Å²) in [4.78, 5) is 8.15. The van der Waals surface area contributed by atoms with Gasteiger partial charge in [-0.3, -0.25) is 9.97 Å². The van der Waals surface area contributed by atoms with Gasteiger partial charge in [0.05, 0.1) is 11.9 Å². The molecule has 1 aromatic rings. The molecule has 3 nitrogen and oxygen atoms in total. The molecular weight excluding hydrogens is 170 g/mol. The Morgan fingerprint density at radius 1 is 1.33 bits per heavy atom. The lowest BCUT2D eigenvalue weighted by Gasteiger charge is -2.08. The lowest BCUT2D eigenvalue weighted by atomic mass is 10.3. The van der Waals surface area contributed by atoms with Gasteiger partial charge in [-0.1, -0.05) is 6.08 Å². The highest BCUT2D eigenvalue weighted by atomic mass is 32.2. The first-order valence-electron chi connectivity index (χ1n) is 3.52. The second kappa shape index (κ2) is 3.40. The Morgan fingerprint density at radius 3 is 3.00 bits per heavy atom. The van der Waals surface area contributed by atoms with E-state index < -0.39 is 0 Å². The van der Waals surface area contributed by atoms with Crippen molar-refractivity contribution in [3.63, 3.8) is 0 Å². The van der Waals surface area contributed by atoms with E-state index in [0.717, 1.165) is 11.4 Å². The van der Waals surface area contributed by atoms with Gasteiger partial charge in [-0.05, 0) is 23.4 Å². The topological polar surface area (TPSA) is 37.8 Å². The van der Waals surface area contributed by atoms with Gasteiger partial charge in [0, 0.05) is 12.4 Å². The number of nitrogens with zero attached hydrogens (tertiary/aromatic N) is 2. The standard InChI is InChI=1S/C8H7N3S/c1-2-7(11-12-5-1)8-6-9-3-4-10-8/h1-6,11H. The summed E-state index contributed by atoms with van der Waals surface area (Å²) >= 11 is 1.53. The molecule has 0 saturated carbocycles. The van der Waals surface area contributed by atoms with E-state index in [2.05, 4.69) is 14.7 Å². The Morgan fingerprint density at radius 2 is 2.33 bits per heavy atom. The highest BCUT2D eigenvalue weighted by Gasteiger charge is 2.02. The highest BCUT2D eigenvalue weighted by molar-refractivity contribution is 8.00. The Kier molecular flexibility index (Phi) is 2.09. The smallest absolute Gasteiger partial charge is 0.105 e. The summed E-state index contributed by atoms with van der Waals surface area (Å²) in [5.41, 5.74) is 1.87. The van der Waals surface area contributed by atoms with Crippen LogP contribution in [0.4, 0.5) is 0 Å². The largest absolute Gasteiger partial charge is 0.324 e. The van der Waals surface area contributed by atoms with Crippen LogP contribution in [-0.2, 0) is 0 Å². The number of rotatable bonds is 1. The molecule has 0 saturated heterocycles. The van der Waals surface area contributed by atoms with Crippen molar-refractivity contribution >= 4 is 17.6 Å². The van der Waals surface area contributed by atoms with Crippen molar-refractivity contribution in [2.24, 2.45) is 0 Å². The second-order valence-electron chi connectivity index (χ2n) is 2.22. The Bertz CT molecular complexity index is 318. The van der Waals surface area contributed by atoms with Crippen molar-refractivity contribution in [2.45, 2.75) is 0 Å². The third-order valence-corrected chi connectivity index (χ3v) is 2.05. The summed E-state index contributed by atoms with van der Waals surface area (Å²) in [7, 11) is 0. The van der Waals surface area contributed by atoms with Crippen LogP contribution in [0.25, 0.3) is 5.70 Å². The van der Waals surface area contributed by atoms with Crippen molar-refractivity contribution in [1.82, 2.24) is 14.7 Å². The number of hydrogen-bond donors (Lipinski definition) is 1. The summed E-state index contributed by atoms with van der Waals surface area (Å²) < 4.78 is 3.12. The predicted octanol–water partition coefficient (Wildman–Crippen LogP) is 1.58. The Labute approximate surface area is 74.8 Å². The van der Waals surface area contributed by atoms with Gasteiger partial charge in [0.15, 0.2) is 0 Å². The molecule has 2 rings (SSSR count). The summed E-state index contributed by atoms with van der Waals surface area (Å²) in [5, 5.41) is 1.97. The summed E-state index contributed by atoms with van der Waals surface area (Å²) in [6, 6.07) is 0. The molecule has 12 heavy (non-hydrogen) atoms. The van der Waals surface area contributed by atoms with Crippen LogP contribution in [-0.4, -0.2) is 9.97 Å². The maximum Gasteiger partial charge on any atom is 0.105 e. The first kappa shape index (κ1) is 7.36. The number of hydrogen-bond acceptors (Lipinski definition) is 4. The molecule has 0 fully saturated rings. The fourth-order valence-corrected chi connectivity index (χ4v) is 1.41. The quantitative estimate of drug-likeness (QED) is 0.661. The van der Waals surface area contributed by atoms with Gasteiger partial charge in [0.1, 0.15) is 5.69 Å². The fraction of sp³-hybridized carbons (Fsp3) is 0. The summed E-state index contributed by atoms with van der Waals surface area (Å²) in [6.45, 7) is 0. The molecule has 0 aromatic carbocycles. The van der Waals surface area contributed by atoms with Gasteiger partial charge >= 0.3 is 0 Å². The van der Waals surface area contributed by atoms with Crippen LogP contribution >= 0.6 is 11.9 Å². The third-order valence-electron chi connectivity index (χ3n) is 1.42. The SMILES string of the molecule is C1=CSNC(c2cnccn2)=C1. The second-order valence-corrected chi connectivity index (χ2v) is 2.93. The summed E-state index contributed by atoms with van der Waals surface area (Å²) in [5.74, 6) is 0. The van der Waals surface area contributed by atoms with Crippen LogP contribution in [0.2, 0.25) is 0 Å². The first-order chi connectivity index (χ1) is 5.97. The van der Waals surface area contributed by atoms with Crippen molar-refractivity contribution in [1.29, 1.82) is 0 Å². The lowest BCUT2D eigenvalue weighted by Crippen LogP contribution is -2.04. The van der Waals surface area contributed by atoms with Gasteiger partial charge in [0.25, 0.3) is 0 Å². The minimum atomic E-state index is 0.870. The van der Waals surface area contributed by atoms with Crippen molar-refractivity contribution < 1.29 is 0 Å². The van der Waals surface area contributed by atoms with E-state index in [1.165, 1.54) is 11.9 Å². The molecular formula is C8H7N3S. The normalized spacial score (nSPS) is 15.2. The van der Waals surface area contributed by atoms with Crippen LogP contribution in [0.15, 0.2) is 36.2 Å².